The van der Waals surface area contributed by atoms with Crippen molar-refractivity contribution in [1.29, 1.82) is 0 Å². The number of carbonyl (C=O) groups excluding carboxylic acids is 1. The molecule has 0 bridgehead atoms. The summed E-state index contributed by atoms with van der Waals surface area (Å²) in [6.07, 6.45) is 1.33. The molecule has 88 valence electrons. The molecular formula is C12H18N2O2. The molecule has 1 rings (SSSR count). The van der Waals surface area contributed by atoms with Crippen LogP contribution in [0.2, 0.25) is 0 Å². The molecule has 0 spiro atoms. The summed E-state index contributed by atoms with van der Waals surface area (Å²) in [5.41, 5.74) is 6.05. The van der Waals surface area contributed by atoms with Crippen molar-refractivity contribution in [2.75, 3.05) is 20.2 Å². The van der Waals surface area contributed by atoms with Crippen molar-refractivity contribution in [3.63, 3.8) is 0 Å². The van der Waals surface area contributed by atoms with Gasteiger partial charge < -0.3 is 15.8 Å². The molecule has 1 aromatic carbocycles. The van der Waals surface area contributed by atoms with Crippen LogP contribution in [0.15, 0.2) is 24.3 Å². The summed E-state index contributed by atoms with van der Waals surface area (Å²) in [5.74, 6) is 0.383. The Balaban J connectivity index is 2.41. The largest absolute Gasteiger partial charge is 0.496 e. The van der Waals surface area contributed by atoms with E-state index in [0.29, 0.717) is 6.42 Å². The first-order valence-electron chi connectivity index (χ1n) is 5.77. The lowest BCUT2D eigenvalue weighted by Gasteiger charge is -2.07. The number of methoxy groups -OCH3 is 1. The topological polar surface area (TPSA) is 64.3 Å². The molecule has 3 N–H and O–H groups in total. The van der Waals surface area contributed by atoms with E-state index in [4.69, 9.17) is 11.8 Å². The van der Waals surface area contributed by atoms with Gasteiger partial charge in [-0.3, -0.25) is 4.79 Å². The van der Waals surface area contributed by atoms with Crippen molar-refractivity contribution < 1.29 is 10.9 Å². The highest BCUT2D eigenvalue weighted by molar-refractivity contribution is 5.75. The summed E-state index contributed by atoms with van der Waals surface area (Å²) < 4.78 is 12.9. The van der Waals surface area contributed by atoms with E-state index in [0.717, 1.165) is 17.7 Å². The van der Waals surface area contributed by atoms with Gasteiger partial charge in [0.05, 0.1) is 13.7 Å². The van der Waals surface area contributed by atoms with Gasteiger partial charge in [-0.1, -0.05) is 18.2 Å². The van der Waals surface area contributed by atoms with Crippen LogP contribution < -0.4 is 15.8 Å². The number of carbonyl (C=O) groups is 1. The first-order valence-corrected chi connectivity index (χ1v) is 5.19. The molecule has 1 atom stereocenters. The summed E-state index contributed by atoms with van der Waals surface area (Å²) in [6.45, 7) is -0.451. The van der Waals surface area contributed by atoms with Crippen molar-refractivity contribution >= 4 is 5.91 Å². The molecule has 0 aliphatic carbocycles. The Kier molecular flexibility index (Phi) is 4.69. The van der Waals surface area contributed by atoms with Crippen LogP contribution in [0.3, 0.4) is 0 Å². The van der Waals surface area contributed by atoms with E-state index in [9.17, 15) is 4.79 Å². The molecule has 0 aromatic heterocycles. The Morgan fingerprint density at radius 2 is 2.31 bits per heavy atom. The van der Waals surface area contributed by atoms with E-state index < -0.39 is 12.4 Å². The number of nitrogens with two attached hydrogens (primary N) is 1. The monoisotopic (exact) mass is 223 g/mol. The van der Waals surface area contributed by atoms with Gasteiger partial charge >= 0.3 is 0 Å². The fourth-order valence-electron chi connectivity index (χ4n) is 1.41. The van der Waals surface area contributed by atoms with Gasteiger partial charge in [-0.05, 0) is 31.0 Å². The van der Waals surface area contributed by atoms with Gasteiger partial charge in [-0.15, -0.1) is 0 Å². The lowest BCUT2D eigenvalue weighted by Crippen LogP contribution is -2.29. The standard InChI is InChI=1S/C12H18N2O2/c1-16-11-7-3-2-5-10(11)6-4-8-14-9-12(13)15/h2-3,5,7,14H,4,6,8-9H2,1H3,(H2,13,15)/i8D. The smallest absolute Gasteiger partial charge is 0.231 e. The molecule has 0 aliphatic heterocycles. The van der Waals surface area contributed by atoms with Crippen LogP contribution in [0.1, 0.15) is 13.4 Å². The van der Waals surface area contributed by atoms with Crippen molar-refractivity contribution in [2.24, 2.45) is 5.73 Å². The average Bonchev–Trinajstić information content (AvgIpc) is 2.34. The average molecular weight is 223 g/mol. The van der Waals surface area contributed by atoms with Crippen LogP contribution in [-0.4, -0.2) is 26.1 Å². The molecule has 1 unspecified atom stereocenters. The first-order chi connectivity index (χ1) is 8.13. The number of hydrogen-bond acceptors (Lipinski definition) is 3. The second-order valence-electron chi connectivity index (χ2n) is 3.40. The molecule has 0 saturated heterocycles. The molecule has 0 radical (unpaired) electrons. The highest BCUT2D eigenvalue weighted by Gasteiger charge is 2.00. The molecule has 1 amide bonds. The molecule has 4 heteroatoms. The third kappa shape index (κ3) is 4.31. The van der Waals surface area contributed by atoms with Crippen LogP contribution in [0, 0.1) is 0 Å². The lowest BCUT2D eigenvalue weighted by molar-refractivity contribution is -0.117. The number of nitrogens with one attached hydrogen (secondary N) is 1. The number of hydrogen-bond donors (Lipinski definition) is 2. The van der Waals surface area contributed by atoms with Gasteiger partial charge in [0.25, 0.3) is 0 Å². The van der Waals surface area contributed by atoms with Crippen molar-refractivity contribution in [2.45, 2.75) is 12.8 Å². The number of ether oxygens (including phenoxy) is 1. The van der Waals surface area contributed by atoms with E-state index in [1.165, 1.54) is 0 Å². The molecule has 0 fully saturated rings. The fraction of sp³-hybridized carbons (Fsp3) is 0.417. The zero-order chi connectivity index (χ0) is 12.7. The summed E-state index contributed by atoms with van der Waals surface area (Å²) in [6, 6.07) is 7.71. The predicted molar refractivity (Wildman–Crippen MR) is 63.4 cm³/mol. The highest BCUT2D eigenvalue weighted by atomic mass is 16.5. The lowest BCUT2D eigenvalue weighted by atomic mass is 10.1. The molecule has 0 aliphatic rings. The van der Waals surface area contributed by atoms with E-state index in [1.54, 1.807) is 7.11 Å². The second-order valence-corrected chi connectivity index (χ2v) is 3.40. The minimum Gasteiger partial charge on any atom is -0.496 e. The third-order valence-corrected chi connectivity index (χ3v) is 2.17. The maximum atomic E-state index is 10.5. The van der Waals surface area contributed by atoms with E-state index in [2.05, 4.69) is 5.32 Å². The quantitative estimate of drug-likeness (QED) is 0.715. The number of para-hydroxylation sites is 1. The number of benzene rings is 1. The number of amides is 1. The summed E-state index contributed by atoms with van der Waals surface area (Å²) in [5, 5.41) is 2.74. The summed E-state index contributed by atoms with van der Waals surface area (Å²) in [7, 11) is 1.63. The minimum absolute atomic E-state index is 0.0418. The fourth-order valence-corrected chi connectivity index (χ4v) is 1.41. The SMILES string of the molecule is [2H]C(CCc1ccccc1OC)NCC(N)=O. The molecule has 16 heavy (non-hydrogen) atoms. The molecule has 1 aromatic rings. The van der Waals surface area contributed by atoms with Crippen LogP contribution >= 0.6 is 0 Å². The molecule has 0 saturated carbocycles. The summed E-state index contributed by atoms with van der Waals surface area (Å²) >= 11 is 0. The second kappa shape index (κ2) is 6.85. The van der Waals surface area contributed by atoms with Crippen molar-refractivity contribution in [3.05, 3.63) is 29.8 Å². The van der Waals surface area contributed by atoms with Gasteiger partial charge in [-0.25, -0.2) is 0 Å². The van der Waals surface area contributed by atoms with Crippen molar-refractivity contribution in [1.82, 2.24) is 5.32 Å². The Labute approximate surface area is 97.2 Å². The van der Waals surface area contributed by atoms with Crippen LogP contribution in [-0.2, 0) is 11.2 Å². The molecular weight excluding hydrogens is 204 g/mol. The van der Waals surface area contributed by atoms with Crippen LogP contribution in [0.5, 0.6) is 5.75 Å². The zero-order valence-corrected chi connectivity index (χ0v) is 9.40. The van der Waals surface area contributed by atoms with Gasteiger partial charge in [0.2, 0.25) is 5.91 Å². The van der Waals surface area contributed by atoms with E-state index >= 15 is 0 Å². The van der Waals surface area contributed by atoms with Gasteiger partial charge in [0, 0.05) is 1.37 Å². The van der Waals surface area contributed by atoms with Crippen LogP contribution in [0.25, 0.3) is 0 Å². The Morgan fingerprint density at radius 1 is 1.56 bits per heavy atom. The Morgan fingerprint density at radius 3 is 3.00 bits per heavy atom. The van der Waals surface area contributed by atoms with E-state index in [-0.39, 0.29) is 6.54 Å². The van der Waals surface area contributed by atoms with Gasteiger partial charge in [0.15, 0.2) is 0 Å². The molecule has 0 heterocycles. The normalized spacial score (nSPS) is 12.9. The van der Waals surface area contributed by atoms with Crippen LogP contribution in [0.4, 0.5) is 0 Å². The first kappa shape index (κ1) is 11.0. The Bertz CT molecular complexity index is 371. The maximum Gasteiger partial charge on any atom is 0.231 e. The zero-order valence-electron chi connectivity index (χ0n) is 10.4. The van der Waals surface area contributed by atoms with Gasteiger partial charge in [0.1, 0.15) is 5.75 Å². The third-order valence-electron chi connectivity index (χ3n) is 2.17. The van der Waals surface area contributed by atoms with Gasteiger partial charge in [-0.2, -0.15) is 0 Å². The summed E-state index contributed by atoms with van der Waals surface area (Å²) in [4.78, 5) is 10.5. The maximum absolute atomic E-state index is 10.5. The number of rotatable bonds is 7. The number of primary amides is 1. The minimum atomic E-state index is -0.493. The van der Waals surface area contributed by atoms with Crippen molar-refractivity contribution in [3.8, 4) is 5.75 Å². The number of aryl methyl sites for hydroxylation is 1. The highest BCUT2D eigenvalue weighted by Crippen LogP contribution is 2.18. The van der Waals surface area contributed by atoms with E-state index in [1.807, 2.05) is 24.3 Å². The predicted octanol–water partition coefficient (Wildman–Crippen LogP) is 0.703. The Hall–Kier alpha value is -1.55. The molecule has 4 nitrogen and oxygen atoms in total.